The highest BCUT2D eigenvalue weighted by molar-refractivity contribution is 7.98. The van der Waals surface area contributed by atoms with Gasteiger partial charge in [-0.25, -0.2) is 0 Å². The number of carbonyl (C=O) groups excluding carboxylic acids is 1. The lowest BCUT2D eigenvalue weighted by molar-refractivity contribution is -0.118. The molecule has 134 valence electrons. The topological polar surface area (TPSA) is 81.9 Å². The molecule has 7 nitrogen and oxygen atoms in total. The van der Waals surface area contributed by atoms with Gasteiger partial charge < -0.3 is 10.1 Å². The number of thioether (sulfide) groups is 1. The molecule has 1 heterocycles. The van der Waals surface area contributed by atoms with Gasteiger partial charge in [0.15, 0.2) is 6.61 Å². The number of anilines is 1. The van der Waals surface area contributed by atoms with Crippen LogP contribution in [0.3, 0.4) is 0 Å². The standard InChI is InChI=1S/C16H13Cl2N5O2S/c1-26-16-20-21-22-23(16)12-4-2-3-11(8-12)19-15(24)9-25-14-7-10(17)5-6-13(14)18/h2-8H,9H2,1H3,(H,19,24). The number of carbonyl (C=O) groups is 1. The van der Waals surface area contributed by atoms with Crippen molar-refractivity contribution in [3.05, 3.63) is 52.5 Å². The Morgan fingerprint density at radius 2 is 2.12 bits per heavy atom. The molecule has 26 heavy (non-hydrogen) atoms. The predicted octanol–water partition coefficient (Wildman–Crippen LogP) is 3.71. The average Bonchev–Trinajstić information content (AvgIpc) is 3.11. The molecule has 0 saturated heterocycles. The molecule has 0 spiro atoms. The van der Waals surface area contributed by atoms with Gasteiger partial charge in [0, 0.05) is 16.8 Å². The van der Waals surface area contributed by atoms with Gasteiger partial charge in [0.2, 0.25) is 5.16 Å². The average molecular weight is 410 g/mol. The van der Waals surface area contributed by atoms with Crippen molar-refractivity contribution >= 4 is 46.6 Å². The highest BCUT2D eigenvalue weighted by Crippen LogP contribution is 2.27. The number of tetrazole rings is 1. The monoisotopic (exact) mass is 409 g/mol. The van der Waals surface area contributed by atoms with E-state index in [2.05, 4.69) is 20.8 Å². The molecule has 0 aliphatic rings. The van der Waals surface area contributed by atoms with E-state index < -0.39 is 0 Å². The Kier molecular flexibility index (Phi) is 5.97. The summed E-state index contributed by atoms with van der Waals surface area (Å²) in [7, 11) is 0. The van der Waals surface area contributed by atoms with Gasteiger partial charge in [-0.2, -0.15) is 4.68 Å². The van der Waals surface area contributed by atoms with Crippen molar-refractivity contribution in [3.63, 3.8) is 0 Å². The maximum Gasteiger partial charge on any atom is 0.262 e. The zero-order chi connectivity index (χ0) is 18.5. The number of nitrogens with zero attached hydrogens (tertiary/aromatic N) is 4. The van der Waals surface area contributed by atoms with E-state index in [9.17, 15) is 4.79 Å². The molecule has 3 aromatic rings. The van der Waals surface area contributed by atoms with Gasteiger partial charge in [-0.1, -0.05) is 41.0 Å². The largest absolute Gasteiger partial charge is 0.482 e. The summed E-state index contributed by atoms with van der Waals surface area (Å²) in [6.07, 6.45) is 1.88. The maximum absolute atomic E-state index is 12.1. The Hall–Kier alpha value is -2.29. The molecule has 0 saturated carbocycles. The van der Waals surface area contributed by atoms with E-state index in [0.717, 1.165) is 5.69 Å². The lowest BCUT2D eigenvalue weighted by Crippen LogP contribution is -2.20. The highest BCUT2D eigenvalue weighted by atomic mass is 35.5. The molecule has 1 aromatic heterocycles. The van der Waals surface area contributed by atoms with Gasteiger partial charge in [-0.15, -0.1) is 5.10 Å². The Bertz CT molecular complexity index is 935. The Morgan fingerprint density at radius 3 is 2.92 bits per heavy atom. The van der Waals surface area contributed by atoms with Crippen LogP contribution in [0.25, 0.3) is 5.69 Å². The van der Waals surface area contributed by atoms with Crippen molar-refractivity contribution in [2.24, 2.45) is 0 Å². The summed E-state index contributed by atoms with van der Waals surface area (Å²) in [6.45, 7) is -0.203. The number of nitrogens with one attached hydrogen (secondary N) is 1. The minimum Gasteiger partial charge on any atom is -0.482 e. The summed E-state index contributed by atoms with van der Waals surface area (Å²) in [4.78, 5) is 12.1. The normalized spacial score (nSPS) is 10.6. The van der Waals surface area contributed by atoms with Crippen molar-refractivity contribution in [2.45, 2.75) is 5.16 Å². The molecule has 0 aliphatic carbocycles. The maximum atomic E-state index is 12.1. The van der Waals surface area contributed by atoms with Crippen molar-refractivity contribution in [1.82, 2.24) is 20.2 Å². The summed E-state index contributed by atoms with van der Waals surface area (Å²) in [5, 5.41) is 15.8. The molecule has 1 N–H and O–H groups in total. The summed E-state index contributed by atoms with van der Waals surface area (Å²) < 4.78 is 7.01. The number of rotatable bonds is 6. The first-order valence-corrected chi connectivity index (χ1v) is 9.35. The first-order chi connectivity index (χ1) is 12.6. The molecule has 0 radical (unpaired) electrons. The fourth-order valence-electron chi connectivity index (χ4n) is 2.11. The van der Waals surface area contributed by atoms with Crippen LogP contribution in [0, 0.1) is 0 Å². The Labute approximate surface area is 163 Å². The second-order valence-corrected chi connectivity index (χ2v) is 6.66. The van der Waals surface area contributed by atoms with Gasteiger partial charge in [0.25, 0.3) is 5.91 Å². The first-order valence-electron chi connectivity index (χ1n) is 7.37. The van der Waals surface area contributed by atoms with Crippen LogP contribution in [0.1, 0.15) is 0 Å². The van der Waals surface area contributed by atoms with Crippen LogP contribution < -0.4 is 10.1 Å². The minimum absolute atomic E-state index is 0.203. The quantitative estimate of drug-likeness (QED) is 0.624. The number of halogens is 2. The number of aromatic nitrogens is 4. The van der Waals surface area contributed by atoms with Crippen molar-refractivity contribution in [1.29, 1.82) is 0 Å². The molecule has 1 amide bonds. The molecule has 0 fully saturated rings. The lowest BCUT2D eigenvalue weighted by Gasteiger charge is -2.10. The summed E-state index contributed by atoms with van der Waals surface area (Å²) in [5.41, 5.74) is 1.33. The third-order valence-electron chi connectivity index (χ3n) is 3.25. The van der Waals surface area contributed by atoms with E-state index in [0.29, 0.717) is 26.6 Å². The summed E-state index contributed by atoms with van der Waals surface area (Å²) >= 11 is 13.3. The minimum atomic E-state index is -0.333. The zero-order valence-corrected chi connectivity index (χ0v) is 15.8. The second kappa shape index (κ2) is 8.39. The van der Waals surface area contributed by atoms with Crippen molar-refractivity contribution in [2.75, 3.05) is 18.2 Å². The fraction of sp³-hybridized carbons (Fsp3) is 0.125. The Morgan fingerprint density at radius 1 is 1.27 bits per heavy atom. The second-order valence-electron chi connectivity index (χ2n) is 5.04. The molecular weight excluding hydrogens is 397 g/mol. The van der Waals surface area contributed by atoms with Crippen LogP contribution >= 0.6 is 35.0 Å². The van der Waals surface area contributed by atoms with Gasteiger partial charge in [0.1, 0.15) is 5.75 Å². The molecule has 3 rings (SSSR count). The van der Waals surface area contributed by atoms with Crippen LogP contribution in [0.15, 0.2) is 47.6 Å². The predicted molar refractivity (Wildman–Crippen MR) is 102 cm³/mol. The number of ether oxygens (including phenoxy) is 1. The molecular formula is C16H13Cl2N5O2S. The molecule has 2 aromatic carbocycles. The molecule has 0 aliphatic heterocycles. The lowest BCUT2D eigenvalue weighted by atomic mass is 10.3. The van der Waals surface area contributed by atoms with E-state index in [1.54, 1.807) is 41.1 Å². The smallest absolute Gasteiger partial charge is 0.262 e. The number of amides is 1. The highest BCUT2D eigenvalue weighted by Gasteiger charge is 2.10. The van der Waals surface area contributed by atoms with Crippen LogP contribution in [-0.2, 0) is 4.79 Å². The number of benzene rings is 2. The van der Waals surface area contributed by atoms with Crippen molar-refractivity contribution < 1.29 is 9.53 Å². The first kappa shape index (κ1) is 18.5. The van der Waals surface area contributed by atoms with E-state index in [1.807, 2.05) is 12.3 Å². The molecule has 0 bridgehead atoms. The van der Waals surface area contributed by atoms with Gasteiger partial charge in [-0.05, 0) is 47.0 Å². The van der Waals surface area contributed by atoms with Gasteiger partial charge >= 0.3 is 0 Å². The van der Waals surface area contributed by atoms with E-state index in [1.165, 1.54) is 11.8 Å². The fourth-order valence-corrected chi connectivity index (χ4v) is 2.88. The summed E-state index contributed by atoms with van der Waals surface area (Å²) in [5.74, 6) is 0.0152. The van der Waals surface area contributed by atoms with Crippen LogP contribution in [0.2, 0.25) is 10.0 Å². The van der Waals surface area contributed by atoms with E-state index >= 15 is 0 Å². The summed E-state index contributed by atoms with van der Waals surface area (Å²) in [6, 6.07) is 12.0. The van der Waals surface area contributed by atoms with Crippen molar-refractivity contribution in [3.8, 4) is 11.4 Å². The molecule has 0 atom stereocenters. The van der Waals surface area contributed by atoms with Crippen LogP contribution in [0.4, 0.5) is 5.69 Å². The number of hydrogen-bond acceptors (Lipinski definition) is 6. The third kappa shape index (κ3) is 4.46. The van der Waals surface area contributed by atoms with Gasteiger partial charge in [-0.3, -0.25) is 4.79 Å². The molecule has 0 unspecified atom stereocenters. The van der Waals surface area contributed by atoms with E-state index in [-0.39, 0.29) is 12.5 Å². The van der Waals surface area contributed by atoms with Crippen LogP contribution in [-0.4, -0.2) is 39.0 Å². The van der Waals surface area contributed by atoms with Gasteiger partial charge in [0.05, 0.1) is 10.7 Å². The van der Waals surface area contributed by atoms with Crippen LogP contribution in [0.5, 0.6) is 5.75 Å². The zero-order valence-electron chi connectivity index (χ0n) is 13.5. The third-order valence-corrected chi connectivity index (χ3v) is 4.42. The molecule has 10 heteroatoms. The SMILES string of the molecule is CSc1nnnn1-c1cccc(NC(=O)COc2cc(Cl)ccc2Cl)c1. The Balaban J connectivity index is 1.66. The number of hydrogen-bond donors (Lipinski definition) is 1. The van der Waals surface area contributed by atoms with E-state index in [4.69, 9.17) is 27.9 Å².